The van der Waals surface area contributed by atoms with Crippen LogP contribution in [-0.4, -0.2) is 11.1 Å². The minimum absolute atomic E-state index is 0. The van der Waals surface area contributed by atoms with Crippen molar-refractivity contribution < 1.29 is 44.6 Å². The molecule has 0 spiro atoms. The van der Waals surface area contributed by atoms with Crippen molar-refractivity contribution in [3.63, 3.8) is 0 Å². The van der Waals surface area contributed by atoms with E-state index in [1.165, 1.54) is 11.3 Å². The van der Waals surface area contributed by atoms with Crippen LogP contribution >= 0.6 is 11.3 Å². The number of rotatable bonds is 2. The smallest absolute Gasteiger partial charge is 0.547 e. The fourth-order valence-corrected chi connectivity index (χ4v) is 1.26. The molecule has 0 radical (unpaired) electrons. The minimum atomic E-state index is -1.47. The minimum Gasteiger partial charge on any atom is -0.547 e. The van der Waals surface area contributed by atoms with Crippen LogP contribution in [0.3, 0.4) is 0 Å². The molecule has 0 bridgehead atoms. The average molecular weight is 180 g/mol. The monoisotopic (exact) mass is 180 g/mol. The van der Waals surface area contributed by atoms with Crippen LogP contribution in [0.2, 0.25) is 0 Å². The molecule has 0 saturated heterocycles. The fraction of sp³-hybridized carbons (Fsp3) is 0.167. The van der Waals surface area contributed by atoms with E-state index in [9.17, 15) is 9.90 Å². The molecule has 0 fully saturated rings. The Balaban J connectivity index is 0.000001000. The number of hydrogen-bond acceptors (Lipinski definition) is 4. The van der Waals surface area contributed by atoms with E-state index in [1.807, 2.05) is 0 Å². The van der Waals surface area contributed by atoms with Gasteiger partial charge in [0.1, 0.15) is 6.10 Å². The molecule has 1 heterocycles. The van der Waals surface area contributed by atoms with Crippen LogP contribution in [-0.2, 0) is 4.79 Å². The molecule has 0 amide bonds. The first-order chi connectivity index (χ1) is 4.72. The van der Waals surface area contributed by atoms with Gasteiger partial charge in [0.15, 0.2) is 0 Å². The number of carboxylic acids is 1. The Morgan fingerprint density at radius 1 is 1.73 bits per heavy atom. The molecule has 1 aromatic heterocycles. The molecule has 54 valence electrons. The maximum absolute atomic E-state index is 10.0. The molecule has 1 N–H and O–H groups in total. The van der Waals surface area contributed by atoms with Crippen LogP contribution in [0, 0.1) is 0 Å². The van der Waals surface area contributed by atoms with Crippen molar-refractivity contribution in [1.29, 1.82) is 0 Å². The molecule has 3 nitrogen and oxygen atoms in total. The summed E-state index contributed by atoms with van der Waals surface area (Å²) < 4.78 is 0. The molecule has 5 heteroatoms. The van der Waals surface area contributed by atoms with Crippen LogP contribution in [0.15, 0.2) is 17.5 Å². The van der Waals surface area contributed by atoms with Crippen molar-refractivity contribution >= 4 is 17.3 Å². The summed E-state index contributed by atoms with van der Waals surface area (Å²) in [5, 5.41) is 20.6. The third kappa shape index (κ3) is 2.92. The summed E-state index contributed by atoms with van der Waals surface area (Å²) >= 11 is 1.19. The van der Waals surface area contributed by atoms with E-state index < -0.39 is 12.1 Å². The van der Waals surface area contributed by atoms with Gasteiger partial charge in [-0.3, -0.25) is 0 Å². The Morgan fingerprint density at radius 2 is 2.36 bits per heavy atom. The molecule has 1 rings (SSSR count). The largest absolute Gasteiger partial charge is 1.00 e. The van der Waals surface area contributed by atoms with Gasteiger partial charge in [-0.15, -0.1) is 11.3 Å². The molecule has 1 aromatic rings. The zero-order chi connectivity index (χ0) is 7.56. The van der Waals surface area contributed by atoms with Gasteiger partial charge in [0.2, 0.25) is 0 Å². The van der Waals surface area contributed by atoms with Gasteiger partial charge in [0.25, 0.3) is 0 Å². The Labute approximate surface area is 90.0 Å². The normalized spacial score (nSPS) is 11.7. The number of aliphatic hydroxyl groups excluding tert-OH is 1. The van der Waals surface area contributed by atoms with Crippen molar-refractivity contribution in [1.82, 2.24) is 0 Å². The quantitative estimate of drug-likeness (QED) is 0.481. The SMILES string of the molecule is O=C([O-])C(O)c1cccs1.[Na+]. The van der Waals surface area contributed by atoms with E-state index in [1.54, 1.807) is 17.5 Å². The zero-order valence-corrected chi connectivity index (χ0v) is 8.80. The van der Waals surface area contributed by atoms with Crippen molar-refractivity contribution in [2.24, 2.45) is 0 Å². The summed E-state index contributed by atoms with van der Waals surface area (Å²) in [6.07, 6.45) is -1.47. The Hall–Kier alpha value is 0.130. The Bertz CT molecular complexity index is 222. The van der Waals surface area contributed by atoms with Crippen LogP contribution in [0.4, 0.5) is 0 Å². The first-order valence-corrected chi connectivity index (χ1v) is 3.52. The van der Waals surface area contributed by atoms with Gasteiger partial charge in [-0.1, -0.05) is 6.07 Å². The third-order valence-electron chi connectivity index (χ3n) is 1.04. The van der Waals surface area contributed by atoms with Crippen molar-refractivity contribution in [2.45, 2.75) is 6.10 Å². The van der Waals surface area contributed by atoms with Crippen LogP contribution in [0.25, 0.3) is 0 Å². The van der Waals surface area contributed by atoms with E-state index in [-0.39, 0.29) is 29.6 Å². The summed E-state index contributed by atoms with van der Waals surface area (Å²) in [5.41, 5.74) is 0. The average Bonchev–Trinajstić information content (AvgIpc) is 2.36. The molecule has 11 heavy (non-hydrogen) atoms. The second kappa shape index (κ2) is 4.90. The van der Waals surface area contributed by atoms with E-state index in [2.05, 4.69) is 0 Å². The van der Waals surface area contributed by atoms with Gasteiger partial charge in [-0.2, -0.15) is 0 Å². The second-order valence-electron chi connectivity index (χ2n) is 1.74. The molecular weight excluding hydrogens is 175 g/mol. The van der Waals surface area contributed by atoms with E-state index in [0.717, 1.165) is 0 Å². The van der Waals surface area contributed by atoms with Gasteiger partial charge < -0.3 is 15.0 Å². The summed E-state index contributed by atoms with van der Waals surface area (Å²) in [6, 6.07) is 3.22. The van der Waals surface area contributed by atoms with Gasteiger partial charge in [0.05, 0.1) is 5.97 Å². The second-order valence-corrected chi connectivity index (χ2v) is 2.72. The number of carbonyl (C=O) groups is 1. The Morgan fingerprint density at radius 3 is 2.73 bits per heavy atom. The molecule has 0 aliphatic heterocycles. The van der Waals surface area contributed by atoms with Gasteiger partial charge in [-0.25, -0.2) is 0 Å². The summed E-state index contributed by atoms with van der Waals surface area (Å²) in [6.45, 7) is 0. The maximum Gasteiger partial charge on any atom is 1.00 e. The number of thiophene rings is 1. The van der Waals surface area contributed by atoms with E-state index >= 15 is 0 Å². The third-order valence-corrected chi connectivity index (χ3v) is 1.96. The van der Waals surface area contributed by atoms with Gasteiger partial charge >= 0.3 is 29.6 Å². The first kappa shape index (κ1) is 11.1. The van der Waals surface area contributed by atoms with Crippen LogP contribution < -0.4 is 34.7 Å². The summed E-state index contributed by atoms with van der Waals surface area (Å²) in [5.74, 6) is -1.46. The number of aliphatic carboxylic acids is 1. The zero-order valence-electron chi connectivity index (χ0n) is 5.98. The number of aliphatic hydroxyl groups is 1. The molecule has 0 saturated carbocycles. The van der Waals surface area contributed by atoms with Crippen LogP contribution in [0.5, 0.6) is 0 Å². The van der Waals surface area contributed by atoms with Crippen molar-refractivity contribution in [2.75, 3.05) is 0 Å². The van der Waals surface area contributed by atoms with E-state index in [0.29, 0.717) is 4.88 Å². The summed E-state index contributed by atoms with van der Waals surface area (Å²) in [7, 11) is 0. The van der Waals surface area contributed by atoms with Crippen LogP contribution in [0.1, 0.15) is 11.0 Å². The summed E-state index contributed by atoms with van der Waals surface area (Å²) in [4.78, 5) is 10.4. The van der Waals surface area contributed by atoms with Gasteiger partial charge in [-0.05, 0) is 11.4 Å². The molecule has 1 atom stereocenters. The van der Waals surface area contributed by atoms with Gasteiger partial charge in [0, 0.05) is 4.88 Å². The molecular formula is C6H5NaO3S. The topological polar surface area (TPSA) is 60.4 Å². The maximum atomic E-state index is 10.0. The molecule has 0 aromatic carbocycles. The fourth-order valence-electron chi connectivity index (χ4n) is 0.563. The predicted octanol–water partition coefficient (Wildman–Crippen LogP) is -3.46. The standard InChI is InChI=1S/C6H6O3S.Na/c7-5(6(8)9)4-2-1-3-10-4;/h1-3,5,7H,(H,8,9);/q;+1/p-1. The van der Waals surface area contributed by atoms with Crippen molar-refractivity contribution in [3.05, 3.63) is 22.4 Å². The number of hydrogen-bond donors (Lipinski definition) is 1. The number of carbonyl (C=O) groups excluding carboxylic acids is 1. The Kier molecular flexibility index (Phi) is 4.96. The first-order valence-electron chi connectivity index (χ1n) is 2.64. The number of carboxylic acid groups (broad SMARTS) is 1. The molecule has 1 unspecified atom stereocenters. The van der Waals surface area contributed by atoms with Crippen molar-refractivity contribution in [3.8, 4) is 0 Å². The molecule has 0 aliphatic rings. The predicted molar refractivity (Wildman–Crippen MR) is 34.3 cm³/mol. The van der Waals surface area contributed by atoms with E-state index in [4.69, 9.17) is 5.11 Å². The molecule has 0 aliphatic carbocycles.